The van der Waals surface area contributed by atoms with E-state index in [1.165, 1.54) is 18.4 Å². The van der Waals surface area contributed by atoms with Crippen molar-refractivity contribution >= 4 is 25.6 Å². The standard InChI is InChI=1S/C13H12ClNO4S/c1-9-5-10(7-12(6-9)20(14,17)18)13(16)15-8-11-3-2-4-19-11/h2-7H,8H2,1H3,(H,15,16). The summed E-state index contributed by atoms with van der Waals surface area (Å²) in [6.45, 7) is 1.91. The number of carbonyl (C=O) groups excluding carboxylic acids is 1. The maximum Gasteiger partial charge on any atom is 0.261 e. The predicted molar refractivity (Wildman–Crippen MR) is 74.1 cm³/mol. The minimum Gasteiger partial charge on any atom is -0.467 e. The molecule has 1 aromatic carbocycles. The normalized spacial score (nSPS) is 11.3. The lowest BCUT2D eigenvalue weighted by molar-refractivity contribution is 0.0947. The Morgan fingerprint density at radius 3 is 2.70 bits per heavy atom. The molecular weight excluding hydrogens is 302 g/mol. The Morgan fingerprint density at radius 1 is 1.35 bits per heavy atom. The van der Waals surface area contributed by atoms with E-state index in [1.807, 2.05) is 0 Å². The van der Waals surface area contributed by atoms with E-state index in [0.29, 0.717) is 11.3 Å². The van der Waals surface area contributed by atoms with E-state index in [9.17, 15) is 13.2 Å². The van der Waals surface area contributed by atoms with Crippen LogP contribution in [0.2, 0.25) is 0 Å². The van der Waals surface area contributed by atoms with Crippen LogP contribution in [0.25, 0.3) is 0 Å². The van der Waals surface area contributed by atoms with Gasteiger partial charge < -0.3 is 9.73 Å². The van der Waals surface area contributed by atoms with E-state index in [4.69, 9.17) is 15.1 Å². The van der Waals surface area contributed by atoms with Gasteiger partial charge in [-0.1, -0.05) is 0 Å². The Bertz CT molecular complexity index is 723. The summed E-state index contributed by atoms with van der Waals surface area (Å²) in [5.74, 6) is 0.211. The van der Waals surface area contributed by atoms with E-state index in [2.05, 4.69) is 5.32 Å². The van der Waals surface area contributed by atoms with E-state index in [0.717, 1.165) is 0 Å². The third kappa shape index (κ3) is 3.61. The zero-order valence-electron chi connectivity index (χ0n) is 10.6. The van der Waals surface area contributed by atoms with Gasteiger partial charge >= 0.3 is 0 Å². The average Bonchev–Trinajstić information content (AvgIpc) is 2.87. The second kappa shape index (κ2) is 5.68. The number of furan rings is 1. The molecule has 1 N–H and O–H groups in total. The van der Waals surface area contributed by atoms with E-state index < -0.39 is 15.0 Å². The van der Waals surface area contributed by atoms with Gasteiger partial charge in [0.2, 0.25) is 0 Å². The highest BCUT2D eigenvalue weighted by atomic mass is 35.7. The van der Waals surface area contributed by atoms with Crippen LogP contribution in [0.3, 0.4) is 0 Å². The molecule has 0 bridgehead atoms. The molecule has 0 unspecified atom stereocenters. The Morgan fingerprint density at radius 2 is 2.10 bits per heavy atom. The fraction of sp³-hybridized carbons (Fsp3) is 0.154. The Labute approximate surface area is 121 Å². The van der Waals surface area contributed by atoms with Crippen LogP contribution in [0.1, 0.15) is 21.7 Å². The van der Waals surface area contributed by atoms with Gasteiger partial charge in [-0.2, -0.15) is 0 Å². The molecule has 0 aliphatic rings. The highest BCUT2D eigenvalue weighted by molar-refractivity contribution is 8.13. The van der Waals surface area contributed by atoms with Crippen molar-refractivity contribution in [2.24, 2.45) is 0 Å². The Kier molecular flexibility index (Phi) is 4.15. The van der Waals surface area contributed by atoms with Crippen molar-refractivity contribution in [1.82, 2.24) is 5.32 Å². The van der Waals surface area contributed by atoms with Gasteiger partial charge in [-0.3, -0.25) is 4.79 Å². The van der Waals surface area contributed by atoms with Crippen LogP contribution in [0.15, 0.2) is 45.9 Å². The van der Waals surface area contributed by atoms with Crippen LogP contribution in [0.5, 0.6) is 0 Å². The molecule has 1 amide bonds. The van der Waals surface area contributed by atoms with Gasteiger partial charge in [-0.25, -0.2) is 8.42 Å². The predicted octanol–water partition coefficient (Wildman–Crippen LogP) is 2.45. The fourth-order valence-electron chi connectivity index (χ4n) is 1.70. The van der Waals surface area contributed by atoms with Crippen molar-refractivity contribution in [3.05, 3.63) is 53.5 Å². The molecule has 0 radical (unpaired) electrons. The number of carbonyl (C=O) groups is 1. The summed E-state index contributed by atoms with van der Waals surface area (Å²) in [6, 6.07) is 7.68. The number of hydrogen-bond acceptors (Lipinski definition) is 4. The molecule has 0 saturated heterocycles. The molecule has 1 heterocycles. The summed E-state index contributed by atoms with van der Waals surface area (Å²) in [5, 5.41) is 2.64. The Hall–Kier alpha value is -1.79. The monoisotopic (exact) mass is 313 g/mol. The summed E-state index contributed by atoms with van der Waals surface area (Å²) >= 11 is 0. The van der Waals surface area contributed by atoms with Crippen molar-refractivity contribution < 1.29 is 17.6 Å². The molecule has 1 aromatic heterocycles. The van der Waals surface area contributed by atoms with E-state index in [1.54, 1.807) is 25.1 Å². The van der Waals surface area contributed by atoms with Crippen LogP contribution < -0.4 is 5.32 Å². The molecule has 0 aliphatic heterocycles. The number of hydrogen-bond donors (Lipinski definition) is 1. The lowest BCUT2D eigenvalue weighted by Gasteiger charge is -2.06. The van der Waals surface area contributed by atoms with Crippen LogP contribution >= 0.6 is 10.7 Å². The summed E-state index contributed by atoms with van der Waals surface area (Å²) in [7, 11) is 1.43. The van der Waals surface area contributed by atoms with Gasteiger partial charge in [0.1, 0.15) is 5.76 Å². The first-order valence-corrected chi connectivity index (χ1v) is 8.04. The molecule has 0 aliphatic carbocycles. The third-order valence-electron chi connectivity index (χ3n) is 2.60. The van der Waals surface area contributed by atoms with Crippen LogP contribution in [0.4, 0.5) is 0 Å². The molecule has 5 nitrogen and oxygen atoms in total. The second-order valence-electron chi connectivity index (χ2n) is 4.23. The Balaban J connectivity index is 2.19. The minimum atomic E-state index is -3.87. The second-order valence-corrected chi connectivity index (χ2v) is 6.80. The maximum atomic E-state index is 12.0. The number of aryl methyl sites for hydroxylation is 1. The highest BCUT2D eigenvalue weighted by Gasteiger charge is 2.15. The van der Waals surface area contributed by atoms with Gasteiger partial charge in [0, 0.05) is 16.2 Å². The zero-order valence-corrected chi connectivity index (χ0v) is 12.2. The number of amides is 1. The van der Waals surface area contributed by atoms with Crippen molar-refractivity contribution in [1.29, 1.82) is 0 Å². The number of nitrogens with one attached hydrogen (secondary N) is 1. The molecule has 0 spiro atoms. The minimum absolute atomic E-state index is 0.0951. The first-order valence-electron chi connectivity index (χ1n) is 5.73. The lowest BCUT2D eigenvalue weighted by atomic mass is 10.1. The van der Waals surface area contributed by atoms with E-state index >= 15 is 0 Å². The van der Waals surface area contributed by atoms with Gasteiger partial charge in [-0.15, -0.1) is 0 Å². The third-order valence-corrected chi connectivity index (χ3v) is 3.93. The van der Waals surface area contributed by atoms with Gasteiger partial charge in [0.05, 0.1) is 17.7 Å². The maximum absolute atomic E-state index is 12.0. The summed E-state index contributed by atoms with van der Waals surface area (Å²) in [6.07, 6.45) is 1.51. The smallest absolute Gasteiger partial charge is 0.261 e. The van der Waals surface area contributed by atoms with Crippen LogP contribution in [0, 0.1) is 6.92 Å². The summed E-state index contributed by atoms with van der Waals surface area (Å²) in [5.41, 5.74) is 0.866. The first kappa shape index (κ1) is 14.6. The number of benzene rings is 1. The van der Waals surface area contributed by atoms with Crippen LogP contribution in [-0.4, -0.2) is 14.3 Å². The quantitative estimate of drug-likeness (QED) is 0.880. The van der Waals surface area contributed by atoms with Crippen LogP contribution in [-0.2, 0) is 15.6 Å². The van der Waals surface area contributed by atoms with Gasteiger partial charge in [0.25, 0.3) is 15.0 Å². The summed E-state index contributed by atoms with van der Waals surface area (Å²) < 4.78 is 27.7. The molecule has 0 saturated carbocycles. The molecule has 0 atom stereocenters. The van der Waals surface area contributed by atoms with Crippen molar-refractivity contribution in [3.8, 4) is 0 Å². The molecular formula is C13H12ClNO4S. The van der Waals surface area contributed by atoms with Crippen molar-refractivity contribution in [3.63, 3.8) is 0 Å². The molecule has 0 fully saturated rings. The number of halogens is 1. The molecule has 7 heteroatoms. The molecule has 106 valence electrons. The van der Waals surface area contributed by atoms with Crippen molar-refractivity contribution in [2.45, 2.75) is 18.4 Å². The fourth-order valence-corrected chi connectivity index (χ4v) is 2.56. The zero-order chi connectivity index (χ0) is 14.8. The number of rotatable bonds is 4. The molecule has 20 heavy (non-hydrogen) atoms. The van der Waals surface area contributed by atoms with Gasteiger partial charge in [0.15, 0.2) is 0 Å². The topological polar surface area (TPSA) is 76.4 Å². The van der Waals surface area contributed by atoms with Gasteiger partial charge in [-0.05, 0) is 42.8 Å². The highest BCUT2D eigenvalue weighted by Crippen LogP contribution is 2.18. The van der Waals surface area contributed by atoms with E-state index in [-0.39, 0.29) is 17.0 Å². The summed E-state index contributed by atoms with van der Waals surface area (Å²) in [4.78, 5) is 11.9. The molecule has 2 aromatic rings. The lowest BCUT2D eigenvalue weighted by Crippen LogP contribution is -2.22. The average molecular weight is 314 g/mol. The SMILES string of the molecule is Cc1cc(C(=O)NCc2ccco2)cc(S(=O)(=O)Cl)c1. The first-order chi connectivity index (χ1) is 9.36. The van der Waals surface area contributed by atoms with Crippen molar-refractivity contribution in [2.75, 3.05) is 0 Å². The molecule has 2 rings (SSSR count). The largest absolute Gasteiger partial charge is 0.467 e.